The van der Waals surface area contributed by atoms with Gasteiger partial charge in [0.15, 0.2) is 0 Å². The van der Waals surface area contributed by atoms with Crippen molar-refractivity contribution in [3.05, 3.63) is 71.8 Å². The number of primary amides is 1. The van der Waals surface area contributed by atoms with Crippen LogP contribution in [0.25, 0.3) is 0 Å². The fourth-order valence-corrected chi connectivity index (χ4v) is 8.39. The van der Waals surface area contributed by atoms with Gasteiger partial charge in [0.1, 0.15) is 18.1 Å². The van der Waals surface area contributed by atoms with E-state index >= 15 is 0 Å². The number of rotatable bonds is 19. The summed E-state index contributed by atoms with van der Waals surface area (Å²) in [6, 6.07) is 13.7. The van der Waals surface area contributed by atoms with E-state index in [2.05, 4.69) is 21.3 Å². The van der Waals surface area contributed by atoms with Gasteiger partial charge in [-0.15, -0.1) is 0 Å². The first-order valence-electron chi connectivity index (χ1n) is 21.1. The summed E-state index contributed by atoms with van der Waals surface area (Å²) in [5.41, 5.74) is 6.90. The summed E-state index contributed by atoms with van der Waals surface area (Å²) in [5, 5.41) is 10.7. The largest absolute Gasteiger partial charge is 0.372 e. The molecule has 5 atom stereocenters. The number of nitrogens with two attached hydrogens (primary N) is 1. The second kappa shape index (κ2) is 22.2. The molecule has 2 saturated carbocycles. The summed E-state index contributed by atoms with van der Waals surface area (Å²) in [7, 11) is 0. The lowest BCUT2D eigenvalue weighted by molar-refractivity contribution is -0.145. The smallest absolute Gasteiger partial charge is 0.290 e. The molecule has 0 spiro atoms. The second-order valence-electron chi connectivity index (χ2n) is 15.9. The van der Waals surface area contributed by atoms with E-state index in [0.29, 0.717) is 18.4 Å². The first-order valence-corrected chi connectivity index (χ1v) is 21.1. The molecule has 1 saturated heterocycles. The zero-order valence-electron chi connectivity index (χ0n) is 33.6. The third-order valence-corrected chi connectivity index (χ3v) is 11.7. The minimum atomic E-state index is -1.24. The first-order chi connectivity index (χ1) is 28.0. The van der Waals surface area contributed by atoms with E-state index in [1.54, 1.807) is 30.3 Å². The predicted octanol–water partition coefficient (Wildman–Crippen LogP) is 3.52. The fraction of sp³-hybridized carbons (Fsp3) is 0.568. The van der Waals surface area contributed by atoms with Gasteiger partial charge in [0, 0.05) is 18.9 Å². The van der Waals surface area contributed by atoms with Gasteiger partial charge in [-0.1, -0.05) is 119 Å². The molecule has 5 rings (SSSR count). The van der Waals surface area contributed by atoms with Gasteiger partial charge in [-0.05, 0) is 49.1 Å². The van der Waals surface area contributed by atoms with Crippen molar-refractivity contribution >= 4 is 41.2 Å². The number of Topliss-reactive ketones (excluding diaryl/α,β-unsaturated/α-hetero) is 1. The lowest BCUT2D eigenvalue weighted by Crippen LogP contribution is -2.58. The maximum atomic E-state index is 14.7. The Labute approximate surface area is 341 Å². The molecule has 3 fully saturated rings. The van der Waals surface area contributed by atoms with Gasteiger partial charge >= 0.3 is 0 Å². The van der Waals surface area contributed by atoms with E-state index in [-0.39, 0.29) is 49.6 Å². The Kier molecular flexibility index (Phi) is 16.8. The van der Waals surface area contributed by atoms with Crippen molar-refractivity contribution in [2.24, 2.45) is 17.6 Å². The number of ether oxygens (including phenoxy) is 1. The number of carbonyl (C=O) groups excluding carboxylic acids is 7. The highest BCUT2D eigenvalue weighted by Gasteiger charge is 2.45. The Bertz CT molecular complexity index is 1710. The van der Waals surface area contributed by atoms with Crippen LogP contribution in [0.4, 0.5) is 0 Å². The number of unbranched alkanes of at least 4 members (excludes halogenated alkanes) is 1. The number of hydrogen-bond acceptors (Lipinski definition) is 8. The van der Waals surface area contributed by atoms with E-state index < -0.39 is 66.2 Å². The Morgan fingerprint density at radius 1 is 0.793 bits per heavy atom. The third kappa shape index (κ3) is 12.4. The van der Waals surface area contributed by atoms with Gasteiger partial charge in [0.2, 0.25) is 35.3 Å². The van der Waals surface area contributed by atoms with Crippen LogP contribution in [-0.4, -0.2) is 83.4 Å². The van der Waals surface area contributed by atoms with Crippen LogP contribution in [0.15, 0.2) is 60.7 Å². The minimum Gasteiger partial charge on any atom is -0.372 e. The van der Waals surface area contributed by atoms with Crippen molar-refractivity contribution in [1.82, 2.24) is 26.2 Å². The predicted molar refractivity (Wildman–Crippen MR) is 216 cm³/mol. The van der Waals surface area contributed by atoms with Crippen LogP contribution in [0.2, 0.25) is 0 Å². The molecule has 1 heterocycles. The van der Waals surface area contributed by atoms with Gasteiger partial charge in [0.05, 0.1) is 25.3 Å². The van der Waals surface area contributed by atoms with Crippen LogP contribution in [-0.2, 0) is 44.9 Å². The number of likely N-dealkylation sites (tertiary alicyclic amines) is 1. The van der Waals surface area contributed by atoms with Gasteiger partial charge in [0.25, 0.3) is 5.91 Å². The SMILES string of the molecule is CCCCC(NC(=O)[C@@H]1C[C@@H](OCc2ccccc2)CN1C(=O)C(NC(=O)C1CCCCC1)C1CCCCC1)C(=O)C(=O)NCC(=O)NC(C(N)=O)c1ccccc1. The zero-order valence-corrected chi connectivity index (χ0v) is 33.6. The monoisotopic (exact) mass is 800 g/mol. The van der Waals surface area contributed by atoms with Crippen molar-refractivity contribution in [3.63, 3.8) is 0 Å². The maximum Gasteiger partial charge on any atom is 0.290 e. The number of hydrogen-bond donors (Lipinski definition) is 5. The Morgan fingerprint density at radius 2 is 1.43 bits per heavy atom. The highest BCUT2D eigenvalue weighted by molar-refractivity contribution is 6.38. The third-order valence-electron chi connectivity index (χ3n) is 11.7. The average Bonchev–Trinajstić information content (AvgIpc) is 3.69. The highest BCUT2D eigenvalue weighted by Crippen LogP contribution is 2.32. The van der Waals surface area contributed by atoms with Crippen molar-refractivity contribution in [2.45, 2.75) is 134 Å². The molecular formula is C44H60N6O8. The van der Waals surface area contributed by atoms with E-state index in [9.17, 15) is 33.6 Å². The Morgan fingerprint density at radius 3 is 2.07 bits per heavy atom. The molecule has 2 aromatic rings. The number of nitrogens with one attached hydrogen (secondary N) is 4. The number of nitrogens with zero attached hydrogens (tertiary/aromatic N) is 1. The molecule has 1 aliphatic heterocycles. The van der Waals surface area contributed by atoms with Crippen LogP contribution >= 0.6 is 0 Å². The quantitative estimate of drug-likeness (QED) is 0.133. The molecule has 0 bridgehead atoms. The molecule has 0 radical (unpaired) electrons. The molecule has 6 amide bonds. The van der Waals surface area contributed by atoms with Gasteiger partial charge in [-0.2, -0.15) is 0 Å². The van der Waals surface area contributed by atoms with Crippen LogP contribution < -0.4 is 27.0 Å². The number of ketones is 1. The lowest BCUT2D eigenvalue weighted by atomic mass is 9.82. The summed E-state index contributed by atoms with van der Waals surface area (Å²) >= 11 is 0. The highest BCUT2D eigenvalue weighted by atomic mass is 16.5. The summed E-state index contributed by atoms with van der Waals surface area (Å²) in [6.07, 6.45) is 10.1. The summed E-state index contributed by atoms with van der Waals surface area (Å²) in [6.45, 7) is 1.68. The fourth-order valence-electron chi connectivity index (χ4n) is 8.39. The van der Waals surface area contributed by atoms with Crippen molar-refractivity contribution in [1.29, 1.82) is 0 Å². The Hall–Kier alpha value is -5.11. The summed E-state index contributed by atoms with van der Waals surface area (Å²) in [4.78, 5) is 95.8. The molecule has 3 unspecified atom stereocenters. The van der Waals surface area contributed by atoms with E-state index in [0.717, 1.165) is 69.8 Å². The second-order valence-corrected chi connectivity index (χ2v) is 15.9. The molecule has 14 heteroatoms. The number of amides is 6. The van der Waals surface area contributed by atoms with Crippen molar-refractivity contribution in [3.8, 4) is 0 Å². The number of benzene rings is 2. The molecule has 58 heavy (non-hydrogen) atoms. The Balaban J connectivity index is 1.30. The van der Waals surface area contributed by atoms with Crippen LogP contribution in [0.3, 0.4) is 0 Å². The van der Waals surface area contributed by atoms with Crippen LogP contribution in [0.5, 0.6) is 0 Å². The van der Waals surface area contributed by atoms with Crippen molar-refractivity contribution < 1.29 is 38.3 Å². The molecule has 2 aliphatic carbocycles. The van der Waals surface area contributed by atoms with Gasteiger partial charge in [-0.25, -0.2) is 0 Å². The van der Waals surface area contributed by atoms with Crippen LogP contribution in [0.1, 0.15) is 114 Å². The molecule has 0 aromatic heterocycles. The van der Waals surface area contributed by atoms with Crippen molar-refractivity contribution in [2.75, 3.05) is 13.1 Å². The normalized spacial score (nSPS) is 20.3. The lowest BCUT2D eigenvalue weighted by Gasteiger charge is -2.35. The molecule has 3 aliphatic rings. The molecule has 14 nitrogen and oxygen atoms in total. The van der Waals surface area contributed by atoms with E-state index in [4.69, 9.17) is 10.5 Å². The van der Waals surface area contributed by atoms with E-state index in [1.807, 2.05) is 37.3 Å². The van der Waals surface area contributed by atoms with E-state index in [1.165, 1.54) is 4.90 Å². The molecule has 2 aromatic carbocycles. The standard InChI is InChI=1S/C44H60N6O8/c1-2-3-24-34(39(52)43(56)46-26-36(51)48-37(40(45)53)30-18-10-5-11-19-30)47-42(55)35-25-33(58-28-29-16-8-4-9-17-29)27-50(35)44(57)38(31-20-12-6-13-21-31)49-41(54)32-22-14-7-15-23-32/h4-5,8-11,16-19,31-35,37-38H,2-3,6-7,12-15,20-28H2,1H3,(H2,45,53)(H,46,56)(H,47,55)(H,48,51)(H,49,54)/t33-,34?,35+,37?,38?/m1/s1. The first kappa shape index (κ1) is 44.0. The molecule has 6 N–H and O–H groups in total. The summed E-state index contributed by atoms with van der Waals surface area (Å²) < 4.78 is 6.27. The van der Waals surface area contributed by atoms with Crippen LogP contribution in [0, 0.1) is 11.8 Å². The summed E-state index contributed by atoms with van der Waals surface area (Å²) in [5.74, 6) is -4.86. The van der Waals surface area contributed by atoms with Gasteiger partial charge < -0.3 is 36.6 Å². The zero-order chi connectivity index (χ0) is 41.4. The number of carbonyl (C=O) groups is 7. The van der Waals surface area contributed by atoms with Gasteiger partial charge in [-0.3, -0.25) is 33.6 Å². The topological polar surface area (TPSA) is 206 Å². The maximum absolute atomic E-state index is 14.7. The average molecular weight is 801 g/mol. The molecular weight excluding hydrogens is 741 g/mol. The molecule has 314 valence electrons. The minimum absolute atomic E-state index is 0.0764.